The van der Waals surface area contributed by atoms with Gasteiger partial charge in [-0.2, -0.15) is 0 Å². The van der Waals surface area contributed by atoms with Crippen molar-refractivity contribution in [3.05, 3.63) is 47.9 Å². The number of nitrogens with zero attached hydrogens (tertiary/aromatic N) is 3. The Morgan fingerprint density at radius 1 is 1.29 bits per heavy atom. The Balaban J connectivity index is 1.37. The van der Waals surface area contributed by atoms with Crippen LogP contribution in [0.4, 0.5) is 5.13 Å². The van der Waals surface area contributed by atoms with E-state index in [0.29, 0.717) is 0 Å². The summed E-state index contributed by atoms with van der Waals surface area (Å²) in [6.07, 6.45) is 6.54. The van der Waals surface area contributed by atoms with Crippen LogP contribution in [0.1, 0.15) is 44.0 Å². The van der Waals surface area contributed by atoms with E-state index in [1.165, 1.54) is 5.56 Å². The molecule has 2 atom stereocenters. The summed E-state index contributed by atoms with van der Waals surface area (Å²) in [6, 6.07) is 10.3. The third-order valence-corrected chi connectivity index (χ3v) is 6.55. The number of fused-ring (bicyclic) bond motifs is 2. The third-order valence-electron chi connectivity index (χ3n) is 5.61. The summed E-state index contributed by atoms with van der Waals surface area (Å²) in [4.78, 5) is 16.9. The van der Waals surface area contributed by atoms with Crippen LogP contribution in [0.3, 0.4) is 0 Å². The third kappa shape index (κ3) is 3.36. The van der Waals surface area contributed by atoms with Crippen LogP contribution < -0.4 is 5.32 Å². The monoisotopic (exact) mass is 393 g/mol. The minimum Gasteiger partial charge on any atom is -0.388 e. The van der Waals surface area contributed by atoms with Gasteiger partial charge in [-0.15, -0.1) is 0 Å². The highest BCUT2D eigenvalue weighted by molar-refractivity contribution is 7.22. The first-order valence-electron chi connectivity index (χ1n) is 9.75. The lowest BCUT2D eigenvalue weighted by molar-refractivity contribution is 0.0106. The van der Waals surface area contributed by atoms with Crippen LogP contribution in [0.25, 0.3) is 21.4 Å². The van der Waals surface area contributed by atoms with Crippen molar-refractivity contribution in [3.8, 4) is 0 Å². The maximum Gasteiger partial charge on any atom is 0.184 e. The van der Waals surface area contributed by atoms with Gasteiger partial charge in [-0.1, -0.05) is 30.2 Å². The molecule has 7 heteroatoms. The van der Waals surface area contributed by atoms with Crippen LogP contribution in [0.2, 0.25) is 0 Å². The maximum absolute atomic E-state index is 10.6. The molecule has 144 valence electrons. The molecule has 0 radical (unpaired) electrons. The van der Waals surface area contributed by atoms with Crippen molar-refractivity contribution in [3.63, 3.8) is 0 Å². The average molecular weight is 394 g/mol. The number of hydrogen-bond donors (Lipinski definition) is 3. The fourth-order valence-corrected chi connectivity index (χ4v) is 4.99. The molecule has 6 nitrogen and oxygen atoms in total. The Hall–Kier alpha value is -2.51. The van der Waals surface area contributed by atoms with Gasteiger partial charge in [0.05, 0.1) is 27.4 Å². The number of benzene rings is 1. The van der Waals surface area contributed by atoms with Gasteiger partial charge in [0.15, 0.2) is 10.8 Å². The largest absolute Gasteiger partial charge is 0.388 e. The van der Waals surface area contributed by atoms with Crippen molar-refractivity contribution < 1.29 is 5.11 Å². The van der Waals surface area contributed by atoms with Crippen molar-refractivity contribution in [2.45, 2.75) is 50.7 Å². The SMILES string of the molecule is C[C@]1(O)CCCC[C@H]1Nc1nc2ccc(Cc3nc4ncccc4[nH]3)cc2s1. The predicted octanol–water partition coefficient (Wildman–Crippen LogP) is 4.26. The van der Waals surface area contributed by atoms with E-state index in [9.17, 15) is 5.11 Å². The molecule has 0 amide bonds. The topological polar surface area (TPSA) is 86.7 Å². The van der Waals surface area contributed by atoms with Crippen molar-refractivity contribution in [1.82, 2.24) is 19.9 Å². The van der Waals surface area contributed by atoms with E-state index in [0.717, 1.165) is 64.4 Å². The summed E-state index contributed by atoms with van der Waals surface area (Å²) in [5.41, 5.74) is 3.21. The Bertz CT molecular complexity index is 1100. The molecule has 4 aromatic rings. The molecule has 3 heterocycles. The van der Waals surface area contributed by atoms with Crippen molar-refractivity contribution in [1.29, 1.82) is 0 Å². The van der Waals surface area contributed by atoms with Gasteiger partial charge in [-0.05, 0) is 49.6 Å². The fourth-order valence-electron chi connectivity index (χ4n) is 4.01. The summed E-state index contributed by atoms with van der Waals surface area (Å²) in [5, 5.41) is 15.0. The first kappa shape index (κ1) is 17.6. The molecule has 1 fully saturated rings. The van der Waals surface area contributed by atoms with Crippen molar-refractivity contribution >= 4 is 37.8 Å². The standard InChI is InChI=1S/C21H23N5OS/c1-21(27)9-3-2-6-17(21)25-20-24-14-8-7-13(11-16(14)28-20)12-18-23-15-5-4-10-22-19(15)26-18/h4-5,7-8,10-11,17,27H,2-3,6,9,12H2,1H3,(H,24,25)(H,22,23,26)/t17-,21+/m1/s1. The summed E-state index contributed by atoms with van der Waals surface area (Å²) < 4.78 is 1.14. The summed E-state index contributed by atoms with van der Waals surface area (Å²) in [5.74, 6) is 0.911. The van der Waals surface area contributed by atoms with Gasteiger partial charge < -0.3 is 15.4 Å². The number of H-pyrrole nitrogens is 1. The second kappa shape index (κ2) is 6.83. The molecule has 0 aliphatic heterocycles. The Morgan fingerprint density at radius 2 is 2.21 bits per heavy atom. The highest BCUT2D eigenvalue weighted by atomic mass is 32.1. The van der Waals surface area contributed by atoms with E-state index in [-0.39, 0.29) is 6.04 Å². The zero-order chi connectivity index (χ0) is 19.1. The lowest BCUT2D eigenvalue weighted by atomic mass is 9.82. The van der Waals surface area contributed by atoms with Crippen LogP contribution in [0.5, 0.6) is 0 Å². The molecule has 1 aliphatic rings. The Kier molecular flexibility index (Phi) is 4.29. The van der Waals surface area contributed by atoms with E-state index in [1.54, 1.807) is 17.5 Å². The molecule has 5 rings (SSSR count). The molecule has 28 heavy (non-hydrogen) atoms. The number of aliphatic hydroxyl groups is 1. The number of hydrogen-bond acceptors (Lipinski definition) is 6. The van der Waals surface area contributed by atoms with E-state index in [1.807, 2.05) is 19.1 Å². The normalized spacial score (nSPS) is 22.7. The zero-order valence-electron chi connectivity index (χ0n) is 15.8. The summed E-state index contributed by atoms with van der Waals surface area (Å²) >= 11 is 1.65. The molecule has 0 spiro atoms. The second-order valence-electron chi connectivity index (χ2n) is 7.86. The molecular formula is C21H23N5OS. The molecule has 1 aliphatic carbocycles. The van der Waals surface area contributed by atoms with Gasteiger partial charge >= 0.3 is 0 Å². The summed E-state index contributed by atoms with van der Waals surface area (Å²) in [6.45, 7) is 1.93. The lowest BCUT2D eigenvalue weighted by Gasteiger charge is -2.37. The number of anilines is 1. The van der Waals surface area contributed by atoms with Gasteiger partial charge in [0.1, 0.15) is 5.82 Å². The molecule has 3 N–H and O–H groups in total. The minimum atomic E-state index is -0.670. The highest BCUT2D eigenvalue weighted by Gasteiger charge is 2.34. The average Bonchev–Trinajstić information content (AvgIpc) is 3.25. The quantitative estimate of drug-likeness (QED) is 0.482. The predicted molar refractivity (Wildman–Crippen MR) is 113 cm³/mol. The number of thiazole rings is 1. The minimum absolute atomic E-state index is 0.0596. The van der Waals surface area contributed by atoms with E-state index >= 15 is 0 Å². The van der Waals surface area contributed by atoms with Gasteiger partial charge in [-0.25, -0.2) is 15.0 Å². The summed E-state index contributed by atoms with van der Waals surface area (Å²) in [7, 11) is 0. The number of nitrogens with one attached hydrogen (secondary N) is 2. The van der Waals surface area contributed by atoms with Crippen LogP contribution in [0.15, 0.2) is 36.5 Å². The smallest absolute Gasteiger partial charge is 0.184 e. The number of aromatic amines is 1. The molecule has 0 bridgehead atoms. The van der Waals surface area contributed by atoms with E-state index in [2.05, 4.69) is 38.5 Å². The van der Waals surface area contributed by atoms with E-state index in [4.69, 9.17) is 4.98 Å². The first-order valence-corrected chi connectivity index (χ1v) is 10.6. The second-order valence-corrected chi connectivity index (χ2v) is 8.89. The van der Waals surface area contributed by atoms with Gasteiger partial charge in [0.25, 0.3) is 0 Å². The number of rotatable bonds is 4. The zero-order valence-corrected chi connectivity index (χ0v) is 16.6. The number of imidazole rings is 1. The van der Waals surface area contributed by atoms with E-state index < -0.39 is 5.60 Å². The molecule has 1 aromatic carbocycles. The maximum atomic E-state index is 10.6. The highest BCUT2D eigenvalue weighted by Crippen LogP contribution is 2.33. The number of aromatic nitrogens is 4. The Morgan fingerprint density at radius 3 is 3.07 bits per heavy atom. The lowest BCUT2D eigenvalue weighted by Crippen LogP contribution is -2.46. The molecule has 0 unspecified atom stereocenters. The van der Waals surface area contributed by atoms with Crippen LogP contribution >= 0.6 is 11.3 Å². The Labute approximate surface area is 167 Å². The molecule has 1 saturated carbocycles. The van der Waals surface area contributed by atoms with Crippen LogP contribution in [0, 0.1) is 0 Å². The van der Waals surface area contributed by atoms with Crippen LogP contribution in [-0.4, -0.2) is 36.7 Å². The van der Waals surface area contributed by atoms with Crippen molar-refractivity contribution in [2.75, 3.05) is 5.32 Å². The van der Waals surface area contributed by atoms with Gasteiger partial charge in [0, 0.05) is 12.6 Å². The van der Waals surface area contributed by atoms with Gasteiger partial charge in [-0.3, -0.25) is 0 Å². The molecular weight excluding hydrogens is 370 g/mol. The van der Waals surface area contributed by atoms with Crippen LogP contribution in [-0.2, 0) is 6.42 Å². The number of pyridine rings is 1. The van der Waals surface area contributed by atoms with Gasteiger partial charge in [0.2, 0.25) is 0 Å². The molecule has 0 saturated heterocycles. The van der Waals surface area contributed by atoms with Crippen molar-refractivity contribution in [2.24, 2.45) is 0 Å². The first-order chi connectivity index (χ1) is 13.6. The molecule has 3 aromatic heterocycles. The fraction of sp³-hybridized carbons (Fsp3) is 0.381.